The van der Waals surface area contributed by atoms with Crippen LogP contribution in [0.15, 0.2) is 16.6 Å². The summed E-state index contributed by atoms with van der Waals surface area (Å²) in [6.45, 7) is 0.153. The van der Waals surface area contributed by atoms with Gasteiger partial charge in [0.1, 0.15) is 5.84 Å². The van der Waals surface area contributed by atoms with Crippen LogP contribution in [0.4, 0.5) is 4.79 Å². The third-order valence-electron chi connectivity index (χ3n) is 3.68. The lowest BCUT2D eigenvalue weighted by atomic mass is 10.0. The van der Waals surface area contributed by atoms with Gasteiger partial charge < -0.3 is 10.6 Å². The number of amides is 3. The number of aliphatic imine (C=N–C) groups is 1. The van der Waals surface area contributed by atoms with E-state index in [0.29, 0.717) is 17.9 Å². The molecule has 2 bridgehead atoms. The Morgan fingerprint density at radius 2 is 2.25 bits per heavy atom. The highest BCUT2D eigenvalue weighted by molar-refractivity contribution is 7.80. The maximum absolute atomic E-state index is 12.2. The lowest BCUT2D eigenvalue weighted by Crippen LogP contribution is -2.48. The van der Waals surface area contributed by atoms with E-state index in [1.807, 2.05) is 0 Å². The topological polar surface area (TPSA) is 155 Å². The Hall–Kier alpha value is -2.09. The van der Waals surface area contributed by atoms with E-state index in [9.17, 15) is 18.0 Å². The van der Waals surface area contributed by atoms with Gasteiger partial charge in [-0.25, -0.2) is 9.78 Å². The van der Waals surface area contributed by atoms with Crippen molar-refractivity contribution in [1.82, 2.24) is 14.9 Å². The first-order valence-electron chi connectivity index (χ1n) is 6.81. The van der Waals surface area contributed by atoms with E-state index in [0.717, 1.165) is 11.3 Å². The molecule has 130 valence electrons. The predicted molar refractivity (Wildman–Crippen MR) is 81.5 cm³/mol. The van der Waals surface area contributed by atoms with E-state index in [1.54, 1.807) is 5.38 Å². The lowest BCUT2D eigenvalue weighted by molar-refractivity contribution is -0.0316. The molecule has 1 aromatic rings. The first-order valence-corrected chi connectivity index (χ1v) is 9.05. The number of aromatic nitrogens is 1. The Labute approximate surface area is 140 Å². The van der Waals surface area contributed by atoms with E-state index in [-0.39, 0.29) is 17.4 Å². The van der Waals surface area contributed by atoms with E-state index in [2.05, 4.69) is 14.3 Å². The molecule has 2 aliphatic rings. The fourth-order valence-electron chi connectivity index (χ4n) is 2.71. The van der Waals surface area contributed by atoms with Crippen LogP contribution in [0.1, 0.15) is 22.6 Å². The van der Waals surface area contributed by atoms with Crippen LogP contribution in [0.25, 0.3) is 0 Å². The molecule has 3 amide bonds. The molecule has 0 radical (unpaired) electrons. The Balaban J connectivity index is 1.77. The summed E-state index contributed by atoms with van der Waals surface area (Å²) in [6.07, 6.45) is 2.22. The maximum atomic E-state index is 12.2. The van der Waals surface area contributed by atoms with E-state index in [1.165, 1.54) is 11.1 Å². The number of rotatable bonds is 4. The first-order chi connectivity index (χ1) is 11.3. The number of hydrogen-bond acceptors (Lipinski definition) is 7. The van der Waals surface area contributed by atoms with Crippen molar-refractivity contribution in [3.8, 4) is 0 Å². The molecule has 1 aromatic heterocycles. The standard InChI is InChI=1S/C11H13N5O6S2/c12-8(14-9(17)10-13-3-4-23-10)7-2-1-6-5-15(7)11(18)16(6)22-24(19,20)21/h3-4,6-7H,1-2,5H2,(H2,12,14,17)(H,19,20,21). The largest absolute Gasteiger partial charge is 0.418 e. The van der Waals surface area contributed by atoms with Crippen LogP contribution < -0.4 is 5.73 Å². The normalized spacial score (nSPS) is 24.5. The second-order valence-corrected chi connectivity index (χ2v) is 7.09. The number of carbonyl (C=O) groups excluding carboxylic acids is 2. The number of hydroxylamine groups is 2. The van der Waals surface area contributed by atoms with Crippen molar-refractivity contribution in [3.05, 3.63) is 16.6 Å². The fourth-order valence-corrected chi connectivity index (χ4v) is 3.61. The molecule has 0 spiro atoms. The molecule has 3 rings (SSSR count). The van der Waals surface area contributed by atoms with Gasteiger partial charge in [0, 0.05) is 18.1 Å². The molecule has 2 atom stereocenters. The number of thiazole rings is 1. The van der Waals surface area contributed by atoms with Gasteiger partial charge in [-0.1, -0.05) is 0 Å². The third kappa shape index (κ3) is 3.24. The van der Waals surface area contributed by atoms with Crippen molar-refractivity contribution in [2.45, 2.75) is 24.9 Å². The summed E-state index contributed by atoms with van der Waals surface area (Å²) in [7, 11) is -4.81. The van der Waals surface area contributed by atoms with Crippen molar-refractivity contribution >= 4 is 39.5 Å². The molecule has 2 aliphatic heterocycles. The molecule has 0 aromatic carbocycles. The van der Waals surface area contributed by atoms with Gasteiger partial charge >= 0.3 is 22.3 Å². The number of nitrogens with two attached hydrogens (primary N) is 1. The zero-order valence-corrected chi connectivity index (χ0v) is 13.7. The number of carbonyl (C=O) groups is 2. The highest BCUT2D eigenvalue weighted by Gasteiger charge is 2.48. The van der Waals surface area contributed by atoms with Crippen LogP contribution in [-0.4, -0.2) is 64.3 Å². The minimum atomic E-state index is -4.81. The number of hydrogen-bond donors (Lipinski definition) is 2. The molecular formula is C11H13N5O6S2. The van der Waals surface area contributed by atoms with Crippen LogP contribution >= 0.6 is 11.3 Å². The Morgan fingerprint density at radius 1 is 1.50 bits per heavy atom. The zero-order valence-electron chi connectivity index (χ0n) is 12.1. The van der Waals surface area contributed by atoms with Crippen LogP contribution in [0.2, 0.25) is 0 Å². The first kappa shape index (κ1) is 16.8. The molecule has 2 saturated heterocycles. The van der Waals surface area contributed by atoms with Crippen molar-refractivity contribution < 1.29 is 26.8 Å². The summed E-state index contributed by atoms with van der Waals surface area (Å²) >= 11 is 1.12. The maximum Gasteiger partial charge on any atom is 0.418 e. The number of urea groups is 1. The average molecular weight is 375 g/mol. The average Bonchev–Trinajstić information content (AvgIpc) is 3.11. The van der Waals surface area contributed by atoms with Crippen LogP contribution in [-0.2, 0) is 14.7 Å². The molecule has 0 aliphatic carbocycles. The fraction of sp³-hybridized carbons (Fsp3) is 0.455. The third-order valence-corrected chi connectivity index (χ3v) is 4.79. The SMILES string of the molecule is NC(=NC(=O)c1nccs1)C1CCC2CN1C(=O)N2OS(=O)(=O)O. The van der Waals surface area contributed by atoms with Gasteiger partial charge in [-0.05, 0) is 12.8 Å². The molecule has 2 unspecified atom stereocenters. The number of piperidine rings is 1. The summed E-state index contributed by atoms with van der Waals surface area (Å²) in [4.78, 5) is 33.0. The Bertz CT molecular complexity index is 792. The van der Waals surface area contributed by atoms with E-state index < -0.39 is 34.4 Å². The highest BCUT2D eigenvalue weighted by atomic mass is 32.3. The smallest absolute Gasteiger partial charge is 0.385 e. The molecule has 2 fully saturated rings. The van der Waals surface area contributed by atoms with Crippen LogP contribution in [0.5, 0.6) is 0 Å². The lowest BCUT2D eigenvalue weighted by Gasteiger charge is -2.29. The van der Waals surface area contributed by atoms with Crippen molar-refractivity contribution in [2.75, 3.05) is 6.54 Å². The van der Waals surface area contributed by atoms with Crippen molar-refractivity contribution in [1.29, 1.82) is 0 Å². The van der Waals surface area contributed by atoms with Crippen molar-refractivity contribution in [3.63, 3.8) is 0 Å². The number of amidine groups is 1. The second-order valence-electron chi connectivity index (χ2n) is 5.19. The van der Waals surface area contributed by atoms with E-state index in [4.69, 9.17) is 10.3 Å². The van der Waals surface area contributed by atoms with Gasteiger partial charge in [0.15, 0.2) is 5.01 Å². The summed E-state index contributed by atoms with van der Waals surface area (Å²) in [5, 5.41) is 2.40. The van der Waals surface area contributed by atoms with Gasteiger partial charge in [-0.15, -0.1) is 15.6 Å². The number of fused-ring (bicyclic) bond motifs is 2. The Morgan fingerprint density at radius 3 is 2.88 bits per heavy atom. The van der Waals surface area contributed by atoms with Gasteiger partial charge in [-0.2, -0.15) is 18.5 Å². The molecule has 3 heterocycles. The molecule has 24 heavy (non-hydrogen) atoms. The van der Waals surface area contributed by atoms with Crippen molar-refractivity contribution in [2.24, 2.45) is 10.7 Å². The minimum Gasteiger partial charge on any atom is -0.385 e. The summed E-state index contributed by atoms with van der Waals surface area (Å²) in [6, 6.07) is -1.95. The highest BCUT2D eigenvalue weighted by Crippen LogP contribution is 2.30. The molecule has 11 nitrogen and oxygen atoms in total. The monoisotopic (exact) mass is 375 g/mol. The zero-order chi connectivity index (χ0) is 17.5. The number of nitrogens with zero attached hydrogens (tertiary/aromatic N) is 4. The molecule has 0 saturated carbocycles. The Kier molecular flexibility index (Phi) is 4.25. The second kappa shape index (κ2) is 6.08. The summed E-state index contributed by atoms with van der Waals surface area (Å²) in [5.41, 5.74) is 5.86. The summed E-state index contributed by atoms with van der Waals surface area (Å²) in [5.74, 6) is -0.669. The quantitative estimate of drug-likeness (QED) is 0.411. The van der Waals surface area contributed by atoms with Crippen LogP contribution in [0, 0.1) is 0 Å². The van der Waals surface area contributed by atoms with Gasteiger partial charge in [-0.3, -0.25) is 9.35 Å². The minimum absolute atomic E-state index is 0.0595. The predicted octanol–water partition coefficient (Wildman–Crippen LogP) is -0.357. The molecule has 13 heteroatoms. The van der Waals surface area contributed by atoms with Gasteiger partial charge in [0.2, 0.25) is 0 Å². The molecular weight excluding hydrogens is 362 g/mol. The van der Waals surface area contributed by atoms with E-state index >= 15 is 0 Å². The van der Waals surface area contributed by atoms with Gasteiger partial charge in [0.05, 0.1) is 12.1 Å². The molecule has 3 N–H and O–H groups in total. The van der Waals surface area contributed by atoms with Gasteiger partial charge in [0.25, 0.3) is 0 Å². The summed E-state index contributed by atoms with van der Waals surface area (Å²) < 4.78 is 34.7. The van der Waals surface area contributed by atoms with Crippen LogP contribution in [0.3, 0.4) is 0 Å².